The minimum Gasteiger partial charge on any atom is -0.372 e. The predicted molar refractivity (Wildman–Crippen MR) is 105 cm³/mol. The topological polar surface area (TPSA) is 63.2 Å². The molecular weight excluding hydrogens is 485 g/mol. The summed E-state index contributed by atoms with van der Waals surface area (Å²) in [5, 5.41) is 2.60. The first kappa shape index (κ1) is 22.1. The maximum atomic E-state index is 14.1. The molecule has 0 aliphatic carbocycles. The van der Waals surface area contributed by atoms with E-state index < -0.39 is 45.5 Å². The van der Waals surface area contributed by atoms with Gasteiger partial charge < -0.3 is 9.74 Å². The number of carbonyl (C=O) groups is 1. The molecule has 1 amide bonds. The molecule has 166 valence electrons. The van der Waals surface area contributed by atoms with E-state index in [1.165, 1.54) is 18.4 Å². The van der Waals surface area contributed by atoms with Crippen LogP contribution in [0.1, 0.15) is 32.1 Å². The molecule has 31 heavy (non-hydrogen) atoms. The second-order valence-corrected chi connectivity index (χ2v) is 8.86. The zero-order valence-electron chi connectivity index (χ0n) is 15.6. The number of oxime groups is 1. The molecule has 1 atom stereocenters. The smallest absolute Gasteiger partial charge is 0.372 e. The zero-order valence-corrected chi connectivity index (χ0v) is 18.0. The molecule has 0 fully saturated rings. The van der Waals surface area contributed by atoms with Crippen molar-refractivity contribution in [3.63, 3.8) is 0 Å². The predicted octanol–water partition coefficient (Wildman–Crippen LogP) is 4.99. The van der Waals surface area contributed by atoms with Crippen molar-refractivity contribution in [2.24, 2.45) is 5.16 Å². The normalized spacial score (nSPS) is 20.5. The highest BCUT2D eigenvalue weighted by Crippen LogP contribution is 2.50. The van der Waals surface area contributed by atoms with Crippen LogP contribution in [0.3, 0.4) is 0 Å². The Kier molecular flexibility index (Phi) is 5.57. The van der Waals surface area contributed by atoms with E-state index in [4.69, 9.17) is 28.0 Å². The van der Waals surface area contributed by atoms with Crippen molar-refractivity contribution in [1.82, 2.24) is 10.4 Å². The Hall–Kier alpha value is -2.08. The minimum absolute atomic E-state index is 0.0696. The van der Waals surface area contributed by atoms with Crippen LogP contribution in [0.2, 0.25) is 10.0 Å². The summed E-state index contributed by atoms with van der Waals surface area (Å²) in [4.78, 5) is 24.3. The van der Waals surface area contributed by atoms with E-state index in [0.29, 0.717) is 4.88 Å². The number of amides is 1. The fourth-order valence-corrected chi connectivity index (χ4v) is 5.02. The number of rotatable bonds is 3. The van der Waals surface area contributed by atoms with Gasteiger partial charge in [-0.15, -0.1) is 11.3 Å². The summed E-state index contributed by atoms with van der Waals surface area (Å²) in [5.74, 6) is -1.35. The summed E-state index contributed by atoms with van der Waals surface area (Å²) in [6.07, 6.45) is -5.51. The SMILES string of the molecule is CONC(=O)c1cc2c(s1)CN(C1=NOC(c3cc(Cl)c(F)c(Cl)c3)(C(F)(F)F)C1)C2. The van der Waals surface area contributed by atoms with Gasteiger partial charge in [0.15, 0.2) is 5.82 Å². The lowest BCUT2D eigenvalue weighted by molar-refractivity contribution is -0.275. The van der Waals surface area contributed by atoms with Crippen LogP contribution in [0, 0.1) is 5.82 Å². The summed E-state index contributed by atoms with van der Waals surface area (Å²) in [5.41, 5.74) is -0.273. The van der Waals surface area contributed by atoms with Crippen molar-refractivity contribution >= 4 is 46.3 Å². The van der Waals surface area contributed by atoms with E-state index in [1.807, 2.05) is 0 Å². The van der Waals surface area contributed by atoms with E-state index in [0.717, 1.165) is 22.6 Å². The molecule has 3 heterocycles. The molecule has 1 aromatic carbocycles. The Morgan fingerprint density at radius 2 is 1.97 bits per heavy atom. The van der Waals surface area contributed by atoms with E-state index in [1.54, 1.807) is 11.0 Å². The molecule has 4 rings (SSSR count). The van der Waals surface area contributed by atoms with Crippen LogP contribution in [0.15, 0.2) is 23.4 Å². The first-order valence-electron chi connectivity index (χ1n) is 8.72. The van der Waals surface area contributed by atoms with Gasteiger partial charge in [-0.3, -0.25) is 9.63 Å². The Bertz CT molecular complexity index is 1040. The molecule has 13 heteroatoms. The Balaban J connectivity index is 1.57. The first-order chi connectivity index (χ1) is 14.6. The van der Waals surface area contributed by atoms with Gasteiger partial charge in [0, 0.05) is 17.0 Å². The van der Waals surface area contributed by atoms with Crippen LogP contribution in [0.25, 0.3) is 0 Å². The van der Waals surface area contributed by atoms with Gasteiger partial charge >= 0.3 is 6.18 Å². The van der Waals surface area contributed by atoms with Crippen LogP contribution in [-0.4, -0.2) is 29.9 Å². The number of carbonyl (C=O) groups excluding carboxylic acids is 1. The minimum atomic E-state index is -4.88. The number of hydrogen-bond acceptors (Lipinski definition) is 6. The number of thiophene rings is 1. The molecule has 0 saturated heterocycles. The number of amidine groups is 1. The molecule has 0 bridgehead atoms. The third-order valence-corrected chi connectivity index (χ3v) is 6.71. The average Bonchev–Trinajstić information content (AvgIpc) is 3.38. The molecule has 2 aliphatic rings. The summed E-state index contributed by atoms with van der Waals surface area (Å²) < 4.78 is 56.0. The van der Waals surface area contributed by atoms with Gasteiger partial charge in [-0.05, 0) is 23.8 Å². The lowest BCUT2D eigenvalue weighted by Gasteiger charge is -2.30. The Morgan fingerprint density at radius 1 is 1.29 bits per heavy atom. The van der Waals surface area contributed by atoms with Gasteiger partial charge in [-0.2, -0.15) is 13.2 Å². The van der Waals surface area contributed by atoms with Crippen molar-refractivity contribution in [1.29, 1.82) is 0 Å². The van der Waals surface area contributed by atoms with E-state index in [-0.39, 0.29) is 18.9 Å². The van der Waals surface area contributed by atoms with Crippen LogP contribution < -0.4 is 5.48 Å². The zero-order chi connectivity index (χ0) is 22.6. The molecule has 0 spiro atoms. The van der Waals surface area contributed by atoms with Crippen LogP contribution in [-0.2, 0) is 28.4 Å². The highest BCUT2D eigenvalue weighted by molar-refractivity contribution is 7.14. The van der Waals surface area contributed by atoms with E-state index in [2.05, 4.69) is 15.5 Å². The van der Waals surface area contributed by atoms with Gasteiger partial charge in [-0.25, -0.2) is 9.87 Å². The van der Waals surface area contributed by atoms with Gasteiger partial charge in [0.1, 0.15) is 5.84 Å². The Morgan fingerprint density at radius 3 is 2.55 bits per heavy atom. The summed E-state index contributed by atoms with van der Waals surface area (Å²) >= 11 is 12.6. The largest absolute Gasteiger partial charge is 0.435 e. The molecule has 2 aromatic rings. The number of nitrogens with zero attached hydrogens (tertiary/aromatic N) is 2. The number of hydroxylamine groups is 1. The molecule has 0 saturated carbocycles. The number of halogens is 6. The third kappa shape index (κ3) is 3.73. The number of nitrogens with one attached hydrogen (secondary N) is 1. The van der Waals surface area contributed by atoms with Crippen LogP contribution in [0.5, 0.6) is 0 Å². The molecular formula is C18H13Cl2F4N3O3S. The van der Waals surface area contributed by atoms with Crippen molar-refractivity contribution in [2.75, 3.05) is 7.11 Å². The summed E-state index contributed by atoms with van der Waals surface area (Å²) in [7, 11) is 1.31. The standard InChI is InChI=1S/C18H13Cl2F4N3O3S/c1-29-26-16(28)12-2-8-6-27(7-13(8)31-12)14-5-17(30-25-14,18(22,23)24)9-3-10(19)15(21)11(20)4-9/h2-4H,5-7H2,1H3,(H,26,28). The van der Waals surface area contributed by atoms with Crippen molar-refractivity contribution in [3.05, 3.63) is 54.9 Å². The summed E-state index contributed by atoms with van der Waals surface area (Å²) in [6.45, 7) is 0.522. The fourth-order valence-electron chi connectivity index (χ4n) is 3.45. The van der Waals surface area contributed by atoms with Crippen molar-refractivity contribution in [3.8, 4) is 0 Å². The van der Waals surface area contributed by atoms with Gasteiger partial charge in [0.25, 0.3) is 11.5 Å². The maximum absolute atomic E-state index is 14.1. The number of benzene rings is 1. The second kappa shape index (κ2) is 7.80. The van der Waals surface area contributed by atoms with E-state index >= 15 is 0 Å². The number of hydrogen-bond donors (Lipinski definition) is 1. The molecule has 1 unspecified atom stereocenters. The molecule has 6 nitrogen and oxygen atoms in total. The van der Waals surface area contributed by atoms with Gasteiger partial charge in [0.2, 0.25) is 0 Å². The van der Waals surface area contributed by atoms with Gasteiger partial charge in [-0.1, -0.05) is 28.4 Å². The highest BCUT2D eigenvalue weighted by Gasteiger charge is 2.63. The number of fused-ring (bicyclic) bond motifs is 1. The maximum Gasteiger partial charge on any atom is 0.435 e. The van der Waals surface area contributed by atoms with Gasteiger partial charge in [0.05, 0.1) is 35.0 Å². The molecule has 1 aromatic heterocycles. The lowest BCUT2D eigenvalue weighted by Crippen LogP contribution is -2.44. The number of alkyl halides is 3. The monoisotopic (exact) mass is 497 g/mol. The average molecular weight is 498 g/mol. The van der Waals surface area contributed by atoms with Crippen LogP contribution in [0.4, 0.5) is 17.6 Å². The first-order valence-corrected chi connectivity index (χ1v) is 10.3. The van der Waals surface area contributed by atoms with E-state index in [9.17, 15) is 22.4 Å². The Labute approximate surface area is 187 Å². The third-order valence-electron chi connectivity index (χ3n) is 5.00. The quantitative estimate of drug-likeness (QED) is 0.368. The molecule has 0 radical (unpaired) electrons. The van der Waals surface area contributed by atoms with Crippen molar-refractivity contribution in [2.45, 2.75) is 31.3 Å². The van der Waals surface area contributed by atoms with Crippen molar-refractivity contribution < 1.29 is 32.0 Å². The fraction of sp³-hybridized carbons (Fsp3) is 0.333. The summed E-state index contributed by atoms with van der Waals surface area (Å²) in [6, 6.07) is 3.34. The highest BCUT2D eigenvalue weighted by atomic mass is 35.5. The lowest BCUT2D eigenvalue weighted by atomic mass is 9.89. The second-order valence-electron chi connectivity index (χ2n) is 6.90. The molecule has 1 N–H and O–H groups in total. The van der Waals surface area contributed by atoms with Crippen LogP contribution >= 0.6 is 34.5 Å². The molecule has 2 aliphatic heterocycles.